The van der Waals surface area contributed by atoms with Gasteiger partial charge in [-0.1, -0.05) is 24.0 Å². The van der Waals surface area contributed by atoms with Crippen LogP contribution in [-0.4, -0.2) is 6.67 Å². The lowest BCUT2D eigenvalue weighted by Crippen LogP contribution is -1.75. The summed E-state index contributed by atoms with van der Waals surface area (Å²) in [6.07, 6.45) is 0. The molecule has 0 saturated heterocycles. The van der Waals surface area contributed by atoms with Crippen LogP contribution < -0.4 is 0 Å². The first-order valence-electron chi connectivity index (χ1n) is 3.14. The third kappa shape index (κ3) is 2.36. The molecular weight excluding hydrogens is 207 g/mol. The maximum atomic E-state index is 11.6. The molecule has 0 aliphatic rings. The van der Waals surface area contributed by atoms with Crippen LogP contribution in [0.3, 0.4) is 0 Å². The van der Waals surface area contributed by atoms with Gasteiger partial charge in [0.2, 0.25) is 0 Å². The smallest absolute Gasteiger partial charge is 0.150 e. The van der Waals surface area contributed by atoms with Crippen molar-refractivity contribution in [3.63, 3.8) is 0 Å². The summed E-state index contributed by atoms with van der Waals surface area (Å²) in [5.74, 6) is 5.05. The molecule has 0 amide bonds. The zero-order valence-electron chi connectivity index (χ0n) is 5.77. The van der Waals surface area contributed by atoms with E-state index >= 15 is 0 Å². The van der Waals surface area contributed by atoms with E-state index in [0.717, 1.165) is 10.0 Å². The third-order valence-corrected chi connectivity index (χ3v) is 1.86. The summed E-state index contributed by atoms with van der Waals surface area (Å²) >= 11 is 3.30. The van der Waals surface area contributed by atoms with E-state index in [2.05, 4.69) is 27.8 Å². The Labute approximate surface area is 73.6 Å². The summed E-state index contributed by atoms with van der Waals surface area (Å²) in [5.41, 5.74) is 0.824. The Bertz CT molecular complexity index is 296. The van der Waals surface area contributed by atoms with Crippen LogP contribution in [0.1, 0.15) is 5.56 Å². The molecule has 1 aromatic carbocycles. The fourth-order valence-corrected chi connectivity index (χ4v) is 1.08. The van der Waals surface area contributed by atoms with Crippen molar-refractivity contribution >= 4 is 15.9 Å². The molecule has 0 bridgehead atoms. The fourth-order valence-electron chi connectivity index (χ4n) is 0.691. The minimum Gasteiger partial charge on any atom is -0.237 e. The van der Waals surface area contributed by atoms with Crippen molar-refractivity contribution in [2.75, 3.05) is 6.67 Å². The topological polar surface area (TPSA) is 0 Å². The van der Waals surface area contributed by atoms with Crippen LogP contribution in [0.4, 0.5) is 4.39 Å². The molecule has 0 aromatic heterocycles. The van der Waals surface area contributed by atoms with Gasteiger partial charge < -0.3 is 0 Å². The summed E-state index contributed by atoms with van der Waals surface area (Å²) in [6, 6.07) is 7.48. The van der Waals surface area contributed by atoms with Crippen molar-refractivity contribution in [2.45, 2.75) is 0 Å². The molecule has 0 heterocycles. The standard InChI is InChI=1S/C9H6BrF/c10-9-6-2-1-4-8(9)5-3-7-11/h1-2,4,6H,7H2. The maximum absolute atomic E-state index is 11.6. The van der Waals surface area contributed by atoms with Crippen LogP contribution in [0.2, 0.25) is 0 Å². The second-order valence-corrected chi connectivity index (χ2v) is 2.77. The molecule has 1 rings (SSSR count). The van der Waals surface area contributed by atoms with Gasteiger partial charge in [0.1, 0.15) is 0 Å². The highest BCUT2D eigenvalue weighted by Gasteiger charge is 1.90. The highest BCUT2D eigenvalue weighted by Crippen LogP contribution is 2.13. The van der Waals surface area contributed by atoms with E-state index in [1.807, 2.05) is 24.3 Å². The minimum absolute atomic E-state index is 0.596. The van der Waals surface area contributed by atoms with Crippen molar-refractivity contribution in [2.24, 2.45) is 0 Å². The number of hydrogen-bond acceptors (Lipinski definition) is 0. The molecule has 0 aliphatic heterocycles. The Kier molecular flexibility index (Phi) is 3.13. The SMILES string of the molecule is FCC#Cc1ccccc1Br. The second-order valence-electron chi connectivity index (χ2n) is 1.92. The lowest BCUT2D eigenvalue weighted by Gasteiger charge is -1.91. The van der Waals surface area contributed by atoms with Gasteiger partial charge in [0.25, 0.3) is 0 Å². The van der Waals surface area contributed by atoms with Crippen LogP contribution in [-0.2, 0) is 0 Å². The van der Waals surface area contributed by atoms with Gasteiger partial charge in [0.05, 0.1) is 0 Å². The highest BCUT2D eigenvalue weighted by atomic mass is 79.9. The molecule has 1 aromatic rings. The number of benzene rings is 1. The van der Waals surface area contributed by atoms with Crippen LogP contribution in [0.15, 0.2) is 28.7 Å². The minimum atomic E-state index is -0.596. The maximum Gasteiger partial charge on any atom is 0.150 e. The molecule has 0 aliphatic carbocycles. The molecule has 0 atom stereocenters. The summed E-state index contributed by atoms with van der Waals surface area (Å²) < 4.78 is 12.5. The van der Waals surface area contributed by atoms with Gasteiger partial charge >= 0.3 is 0 Å². The Morgan fingerprint density at radius 1 is 1.36 bits per heavy atom. The van der Waals surface area contributed by atoms with E-state index in [9.17, 15) is 4.39 Å². The molecule has 0 spiro atoms. The van der Waals surface area contributed by atoms with Gasteiger partial charge in [0, 0.05) is 10.0 Å². The van der Waals surface area contributed by atoms with Gasteiger partial charge in [-0.15, -0.1) is 0 Å². The van der Waals surface area contributed by atoms with Crippen LogP contribution in [0.5, 0.6) is 0 Å². The first-order chi connectivity index (χ1) is 5.34. The Hall–Kier alpha value is -0.810. The normalized spacial score (nSPS) is 8.55. The fraction of sp³-hybridized carbons (Fsp3) is 0.111. The van der Waals surface area contributed by atoms with Crippen molar-refractivity contribution in [3.05, 3.63) is 34.3 Å². The third-order valence-electron chi connectivity index (χ3n) is 1.16. The molecule has 0 unspecified atom stereocenters. The van der Waals surface area contributed by atoms with Gasteiger partial charge in [-0.3, -0.25) is 0 Å². The quantitative estimate of drug-likeness (QED) is 0.581. The molecule has 0 radical (unpaired) electrons. The predicted molar refractivity (Wildman–Crippen MR) is 47.0 cm³/mol. The van der Waals surface area contributed by atoms with Gasteiger partial charge in [-0.2, -0.15) is 0 Å². The molecule has 56 valence electrons. The number of halogens is 2. The summed E-state index contributed by atoms with van der Waals surface area (Å²) in [5, 5.41) is 0. The molecule has 0 nitrogen and oxygen atoms in total. The van der Waals surface area contributed by atoms with Crippen molar-refractivity contribution in [1.82, 2.24) is 0 Å². The summed E-state index contributed by atoms with van der Waals surface area (Å²) in [7, 11) is 0. The average Bonchev–Trinajstić information content (AvgIpc) is 2.03. The molecule has 0 N–H and O–H groups in total. The van der Waals surface area contributed by atoms with E-state index in [-0.39, 0.29) is 0 Å². The molecule has 0 fully saturated rings. The van der Waals surface area contributed by atoms with Crippen LogP contribution >= 0.6 is 15.9 Å². The van der Waals surface area contributed by atoms with E-state index in [1.165, 1.54) is 0 Å². The number of rotatable bonds is 0. The summed E-state index contributed by atoms with van der Waals surface area (Å²) in [6.45, 7) is -0.596. The molecular formula is C9H6BrF. The van der Waals surface area contributed by atoms with E-state index < -0.39 is 6.67 Å². The largest absolute Gasteiger partial charge is 0.237 e. The molecule has 11 heavy (non-hydrogen) atoms. The predicted octanol–water partition coefficient (Wildman–Crippen LogP) is 2.77. The van der Waals surface area contributed by atoms with Crippen LogP contribution in [0, 0.1) is 11.8 Å². The van der Waals surface area contributed by atoms with Crippen molar-refractivity contribution < 1.29 is 4.39 Å². The zero-order valence-corrected chi connectivity index (χ0v) is 7.36. The molecule has 2 heteroatoms. The van der Waals surface area contributed by atoms with Gasteiger partial charge in [0.15, 0.2) is 6.67 Å². The monoisotopic (exact) mass is 212 g/mol. The Morgan fingerprint density at radius 2 is 2.09 bits per heavy atom. The lowest BCUT2D eigenvalue weighted by atomic mass is 10.2. The number of hydrogen-bond donors (Lipinski definition) is 0. The highest BCUT2D eigenvalue weighted by molar-refractivity contribution is 9.10. The van der Waals surface area contributed by atoms with E-state index in [0.29, 0.717) is 0 Å². The lowest BCUT2D eigenvalue weighted by molar-refractivity contribution is 0.573. The Balaban J connectivity index is 2.95. The van der Waals surface area contributed by atoms with E-state index in [4.69, 9.17) is 0 Å². The summed E-state index contributed by atoms with van der Waals surface area (Å²) in [4.78, 5) is 0. The van der Waals surface area contributed by atoms with Crippen molar-refractivity contribution in [1.29, 1.82) is 0 Å². The molecule has 0 saturated carbocycles. The van der Waals surface area contributed by atoms with E-state index in [1.54, 1.807) is 0 Å². The first-order valence-corrected chi connectivity index (χ1v) is 3.93. The van der Waals surface area contributed by atoms with Gasteiger partial charge in [-0.05, 0) is 28.1 Å². The second kappa shape index (κ2) is 4.15. The first kappa shape index (κ1) is 8.29. The van der Waals surface area contributed by atoms with Crippen LogP contribution in [0.25, 0.3) is 0 Å². The number of alkyl halides is 1. The van der Waals surface area contributed by atoms with Crippen molar-refractivity contribution in [3.8, 4) is 11.8 Å². The van der Waals surface area contributed by atoms with Gasteiger partial charge in [-0.25, -0.2) is 4.39 Å². The zero-order chi connectivity index (χ0) is 8.10. The Morgan fingerprint density at radius 3 is 2.73 bits per heavy atom. The average molecular weight is 213 g/mol.